The lowest BCUT2D eigenvalue weighted by atomic mass is 9.92. The Morgan fingerprint density at radius 1 is 0.667 bits per heavy atom. The number of benzene rings is 2. The molecule has 2 aromatic rings. The second-order valence-electron chi connectivity index (χ2n) is 7.49. The quantitative estimate of drug-likeness (QED) is 0.636. The van der Waals surface area contributed by atoms with E-state index in [2.05, 4.69) is 9.44 Å². The molecule has 6 nitrogen and oxygen atoms in total. The van der Waals surface area contributed by atoms with Gasteiger partial charge in [-0.15, -0.1) is 0 Å². The van der Waals surface area contributed by atoms with Gasteiger partial charge in [0.2, 0.25) is 20.0 Å². The lowest BCUT2D eigenvalue weighted by molar-refractivity contribution is 0.355. The molecule has 30 heavy (non-hydrogen) atoms. The number of hydrogen-bond acceptors (Lipinski definition) is 4. The lowest BCUT2D eigenvalue weighted by Crippen LogP contribution is -2.44. The Labute approximate surface area is 175 Å². The average Bonchev–Trinajstić information content (AvgIpc) is 2.66. The normalized spacial score (nSPS) is 20.2. The van der Waals surface area contributed by atoms with E-state index in [1.807, 2.05) is 0 Å². The van der Waals surface area contributed by atoms with Crippen LogP contribution in [0.5, 0.6) is 0 Å². The van der Waals surface area contributed by atoms with Crippen molar-refractivity contribution in [1.29, 1.82) is 0 Å². The van der Waals surface area contributed by atoms with E-state index in [9.17, 15) is 25.6 Å². The molecular weight excluding hydrogens is 434 g/mol. The summed E-state index contributed by atoms with van der Waals surface area (Å²) in [5, 5.41) is 0. The molecule has 1 aliphatic carbocycles. The second kappa shape index (κ2) is 9.51. The van der Waals surface area contributed by atoms with E-state index in [1.165, 1.54) is 36.4 Å². The Hall–Kier alpha value is -1.88. The highest BCUT2D eigenvalue weighted by Crippen LogP contribution is 2.22. The maximum Gasteiger partial charge on any atom is 0.216 e. The van der Waals surface area contributed by atoms with E-state index < -0.39 is 43.2 Å². The lowest BCUT2D eigenvalue weighted by Gasteiger charge is -2.29. The van der Waals surface area contributed by atoms with Gasteiger partial charge in [0.25, 0.3) is 0 Å². The molecule has 3 rings (SSSR count). The molecule has 0 aromatic heterocycles. The highest BCUT2D eigenvalue weighted by atomic mass is 32.2. The van der Waals surface area contributed by atoms with Crippen LogP contribution in [0.2, 0.25) is 0 Å². The zero-order valence-corrected chi connectivity index (χ0v) is 17.9. The summed E-state index contributed by atoms with van der Waals surface area (Å²) in [5.41, 5.74) is 0.194. The zero-order chi connectivity index (χ0) is 21.8. The van der Waals surface area contributed by atoms with Crippen molar-refractivity contribution in [2.75, 3.05) is 0 Å². The predicted octanol–water partition coefficient (Wildman–Crippen LogP) is 2.82. The topological polar surface area (TPSA) is 92.3 Å². The van der Waals surface area contributed by atoms with E-state index in [0.29, 0.717) is 25.7 Å². The molecule has 1 saturated carbocycles. The largest absolute Gasteiger partial charge is 0.216 e. The molecule has 0 saturated heterocycles. The third kappa shape index (κ3) is 6.56. The molecule has 164 valence electrons. The molecule has 1 fully saturated rings. The molecule has 0 aliphatic heterocycles. The maximum absolute atomic E-state index is 13.7. The van der Waals surface area contributed by atoms with Crippen LogP contribution in [-0.4, -0.2) is 28.9 Å². The van der Waals surface area contributed by atoms with Crippen molar-refractivity contribution in [2.24, 2.45) is 0 Å². The Kier molecular flexibility index (Phi) is 7.22. The highest BCUT2D eigenvalue weighted by Gasteiger charge is 2.28. The fraction of sp³-hybridized carbons (Fsp3) is 0.400. The molecule has 0 bridgehead atoms. The van der Waals surface area contributed by atoms with Crippen LogP contribution in [0.15, 0.2) is 48.5 Å². The SMILES string of the molecule is O=S(=O)(Cc1ccccc1F)NC1CCC(NS(=O)(=O)Cc2ccccc2F)CC1. The molecule has 1 aliphatic rings. The number of nitrogens with one attached hydrogen (secondary N) is 2. The highest BCUT2D eigenvalue weighted by molar-refractivity contribution is 7.89. The molecule has 2 aromatic carbocycles. The third-order valence-electron chi connectivity index (χ3n) is 5.03. The smallest absolute Gasteiger partial charge is 0.212 e. The van der Waals surface area contributed by atoms with Crippen LogP contribution in [0, 0.1) is 11.6 Å². The molecule has 2 N–H and O–H groups in total. The fourth-order valence-corrected chi connectivity index (χ4v) is 6.50. The summed E-state index contributed by atoms with van der Waals surface area (Å²) in [6, 6.07) is 10.7. The Bertz CT molecular complexity index is 996. The van der Waals surface area contributed by atoms with Crippen molar-refractivity contribution < 1.29 is 25.6 Å². The maximum atomic E-state index is 13.7. The van der Waals surface area contributed by atoms with Crippen LogP contribution in [-0.2, 0) is 31.6 Å². The summed E-state index contributed by atoms with van der Waals surface area (Å²) < 4.78 is 81.9. The summed E-state index contributed by atoms with van der Waals surface area (Å²) in [4.78, 5) is 0. The molecule has 0 amide bonds. The van der Waals surface area contributed by atoms with E-state index in [0.717, 1.165) is 0 Å². The van der Waals surface area contributed by atoms with Crippen molar-refractivity contribution in [1.82, 2.24) is 9.44 Å². The van der Waals surface area contributed by atoms with Crippen LogP contribution in [0.3, 0.4) is 0 Å². The van der Waals surface area contributed by atoms with Gasteiger partial charge in [0, 0.05) is 23.2 Å². The summed E-state index contributed by atoms with van der Waals surface area (Å²) >= 11 is 0. The van der Waals surface area contributed by atoms with Crippen LogP contribution in [0.4, 0.5) is 8.78 Å². The fourth-order valence-electron chi connectivity index (χ4n) is 3.56. The number of sulfonamides is 2. The zero-order valence-electron chi connectivity index (χ0n) is 16.2. The molecular formula is C20H24F2N2O4S2. The van der Waals surface area contributed by atoms with Crippen molar-refractivity contribution in [2.45, 2.75) is 49.3 Å². The van der Waals surface area contributed by atoms with Gasteiger partial charge in [-0.2, -0.15) is 0 Å². The first-order valence-electron chi connectivity index (χ1n) is 9.60. The van der Waals surface area contributed by atoms with Gasteiger partial charge in [0.15, 0.2) is 0 Å². The molecule has 10 heteroatoms. The van der Waals surface area contributed by atoms with Crippen LogP contribution < -0.4 is 9.44 Å². The molecule has 0 spiro atoms. The first-order valence-corrected chi connectivity index (χ1v) is 12.9. The van der Waals surface area contributed by atoms with Gasteiger partial charge in [0.05, 0.1) is 11.5 Å². The minimum Gasteiger partial charge on any atom is -0.212 e. The molecule has 0 radical (unpaired) electrons. The van der Waals surface area contributed by atoms with Gasteiger partial charge in [-0.3, -0.25) is 0 Å². The standard InChI is InChI=1S/C20H24F2N2O4S2/c21-19-7-3-1-5-15(19)13-29(25,26)23-17-9-11-18(12-10-17)24-30(27,28)14-16-6-2-4-8-20(16)22/h1-8,17-18,23-24H,9-14H2. The molecule has 0 unspecified atom stereocenters. The Balaban J connectivity index is 1.51. The van der Waals surface area contributed by atoms with Gasteiger partial charge in [-0.1, -0.05) is 36.4 Å². The Morgan fingerprint density at radius 3 is 1.33 bits per heavy atom. The van der Waals surface area contributed by atoms with Crippen LogP contribution in [0.1, 0.15) is 36.8 Å². The summed E-state index contributed by atoms with van der Waals surface area (Å²) in [6.45, 7) is 0. The number of hydrogen-bond donors (Lipinski definition) is 2. The van der Waals surface area contributed by atoms with Crippen molar-refractivity contribution in [3.05, 3.63) is 71.3 Å². The summed E-state index contributed by atoms with van der Waals surface area (Å²) in [7, 11) is -7.45. The van der Waals surface area contributed by atoms with E-state index in [-0.39, 0.29) is 23.2 Å². The van der Waals surface area contributed by atoms with Crippen LogP contribution in [0.25, 0.3) is 0 Å². The van der Waals surface area contributed by atoms with Gasteiger partial charge in [-0.25, -0.2) is 35.1 Å². The second-order valence-corrected chi connectivity index (χ2v) is 11.0. The minimum atomic E-state index is -3.73. The van der Waals surface area contributed by atoms with Crippen LogP contribution >= 0.6 is 0 Å². The van der Waals surface area contributed by atoms with Gasteiger partial charge in [0.1, 0.15) is 11.6 Å². The van der Waals surface area contributed by atoms with E-state index >= 15 is 0 Å². The van der Waals surface area contributed by atoms with Crippen molar-refractivity contribution in [3.63, 3.8) is 0 Å². The molecule has 0 heterocycles. The number of rotatable bonds is 8. The Morgan fingerprint density at radius 2 is 1.00 bits per heavy atom. The van der Waals surface area contributed by atoms with E-state index in [4.69, 9.17) is 0 Å². The van der Waals surface area contributed by atoms with Gasteiger partial charge < -0.3 is 0 Å². The van der Waals surface area contributed by atoms with Crippen molar-refractivity contribution in [3.8, 4) is 0 Å². The third-order valence-corrected chi connectivity index (χ3v) is 7.79. The molecule has 0 atom stereocenters. The predicted molar refractivity (Wildman–Crippen MR) is 110 cm³/mol. The minimum absolute atomic E-state index is 0.0968. The van der Waals surface area contributed by atoms with Gasteiger partial charge in [-0.05, 0) is 37.8 Å². The number of halogens is 2. The van der Waals surface area contributed by atoms with E-state index in [1.54, 1.807) is 12.1 Å². The summed E-state index contributed by atoms with van der Waals surface area (Å²) in [5.74, 6) is -2.05. The first-order chi connectivity index (χ1) is 14.1. The first kappa shape index (κ1) is 22.8. The van der Waals surface area contributed by atoms with Crippen molar-refractivity contribution >= 4 is 20.0 Å². The average molecular weight is 459 g/mol. The summed E-state index contributed by atoms with van der Waals surface area (Å²) in [6.07, 6.45) is 1.79. The van der Waals surface area contributed by atoms with Gasteiger partial charge >= 0.3 is 0 Å². The monoisotopic (exact) mass is 458 g/mol.